The number of carbonyl (C=O) groups is 2. The van der Waals surface area contributed by atoms with Gasteiger partial charge in [0.05, 0.1) is 5.02 Å². The third-order valence-electron chi connectivity index (χ3n) is 4.94. The zero-order valence-electron chi connectivity index (χ0n) is 15.3. The second-order valence-corrected chi connectivity index (χ2v) is 7.16. The van der Waals surface area contributed by atoms with Crippen LogP contribution in [0.25, 0.3) is 11.1 Å². The number of piperidine rings is 1. The molecule has 1 aliphatic rings. The van der Waals surface area contributed by atoms with Crippen LogP contribution in [0.3, 0.4) is 0 Å². The van der Waals surface area contributed by atoms with Crippen LogP contribution < -0.4 is 10.6 Å². The molecule has 3 N–H and O–H groups in total. The van der Waals surface area contributed by atoms with Crippen LogP contribution in [0.2, 0.25) is 5.02 Å². The van der Waals surface area contributed by atoms with Crippen molar-refractivity contribution in [3.63, 3.8) is 0 Å². The lowest BCUT2D eigenvalue weighted by Gasteiger charge is -2.29. The zero-order chi connectivity index (χ0) is 20.4. The van der Waals surface area contributed by atoms with Crippen LogP contribution in [-0.4, -0.2) is 28.3 Å². The quantitative estimate of drug-likeness (QED) is 0.608. The van der Waals surface area contributed by atoms with Crippen molar-refractivity contribution in [2.24, 2.45) is 0 Å². The van der Waals surface area contributed by atoms with Crippen LogP contribution in [-0.2, 0) is 4.79 Å². The molecule has 2 atom stereocenters. The van der Waals surface area contributed by atoms with E-state index in [0.29, 0.717) is 29.2 Å². The number of hydrogen-bond acceptors (Lipinski definition) is 5. The van der Waals surface area contributed by atoms with E-state index in [1.807, 2.05) is 30.3 Å². The Kier molecular flexibility index (Phi) is 5.33. The summed E-state index contributed by atoms with van der Waals surface area (Å²) in [5, 5.41) is 19.6. The lowest BCUT2D eigenvalue weighted by atomic mass is 9.87. The zero-order valence-corrected chi connectivity index (χ0v) is 16.0. The van der Waals surface area contributed by atoms with Crippen LogP contribution in [0.4, 0.5) is 5.82 Å². The molecule has 2 amide bonds. The first-order valence-electron chi connectivity index (χ1n) is 9.11. The summed E-state index contributed by atoms with van der Waals surface area (Å²) in [4.78, 5) is 23.7. The molecule has 29 heavy (non-hydrogen) atoms. The average molecular weight is 412 g/mol. The largest absolute Gasteiger partial charge is 0.373 e. The fraction of sp³-hybridized carbons (Fsp3) is 0.190. The van der Waals surface area contributed by atoms with Crippen LogP contribution in [0.1, 0.15) is 34.7 Å². The Labute approximate surface area is 171 Å². The van der Waals surface area contributed by atoms with Crippen molar-refractivity contribution in [2.75, 3.05) is 5.32 Å². The standard InChI is InChI=1S/C21H18ClN3O4/c22-19-14(2-1-3-15(19)16-8-9-18(26)24-21(16)28)12-4-6-13(7-5-12)20(27)23-17-10-11-29-25-17/h1-7,10-11,16,21,28H,8-9H2,(H,24,26)(H,23,25,27). The Morgan fingerprint density at radius 3 is 2.69 bits per heavy atom. The van der Waals surface area contributed by atoms with Gasteiger partial charge in [-0.1, -0.05) is 47.1 Å². The van der Waals surface area contributed by atoms with Crippen molar-refractivity contribution >= 4 is 29.2 Å². The van der Waals surface area contributed by atoms with Gasteiger partial charge in [-0.15, -0.1) is 0 Å². The van der Waals surface area contributed by atoms with Gasteiger partial charge in [0.25, 0.3) is 5.91 Å². The third-order valence-corrected chi connectivity index (χ3v) is 5.36. The number of benzene rings is 2. The lowest BCUT2D eigenvalue weighted by Crippen LogP contribution is -2.43. The van der Waals surface area contributed by atoms with Gasteiger partial charge in [-0.05, 0) is 29.7 Å². The first-order valence-corrected chi connectivity index (χ1v) is 9.49. The molecule has 8 heteroatoms. The molecule has 1 aromatic heterocycles. The monoisotopic (exact) mass is 411 g/mol. The summed E-state index contributed by atoms with van der Waals surface area (Å²) in [7, 11) is 0. The minimum Gasteiger partial charge on any atom is -0.373 e. The molecule has 4 rings (SSSR count). The molecule has 0 saturated carbocycles. The van der Waals surface area contributed by atoms with E-state index in [2.05, 4.69) is 15.8 Å². The SMILES string of the molecule is O=C1CCC(c2cccc(-c3ccc(C(=O)Nc4ccon4)cc3)c2Cl)C(O)N1. The molecule has 3 aromatic rings. The number of aromatic nitrogens is 1. The summed E-state index contributed by atoms with van der Waals surface area (Å²) in [6.45, 7) is 0. The van der Waals surface area contributed by atoms with Gasteiger partial charge in [-0.25, -0.2) is 0 Å². The van der Waals surface area contributed by atoms with Gasteiger partial charge >= 0.3 is 0 Å². The van der Waals surface area contributed by atoms with Gasteiger partial charge in [-0.2, -0.15) is 0 Å². The normalized spacial score (nSPS) is 18.9. The van der Waals surface area contributed by atoms with Gasteiger partial charge in [-0.3, -0.25) is 9.59 Å². The summed E-state index contributed by atoms with van der Waals surface area (Å²) in [5.41, 5.74) is 2.87. The highest BCUT2D eigenvalue weighted by molar-refractivity contribution is 6.34. The molecular formula is C21H18ClN3O4. The number of aliphatic hydroxyl groups excluding tert-OH is 1. The van der Waals surface area contributed by atoms with E-state index >= 15 is 0 Å². The molecule has 2 unspecified atom stereocenters. The molecule has 1 saturated heterocycles. The van der Waals surface area contributed by atoms with E-state index in [-0.39, 0.29) is 17.7 Å². The molecule has 2 heterocycles. The number of aliphatic hydroxyl groups is 1. The van der Waals surface area contributed by atoms with Crippen LogP contribution >= 0.6 is 11.6 Å². The second kappa shape index (κ2) is 8.06. The summed E-state index contributed by atoms with van der Waals surface area (Å²) in [6, 6.07) is 14.2. The summed E-state index contributed by atoms with van der Waals surface area (Å²) in [6.07, 6.45) is 1.28. The number of nitrogens with one attached hydrogen (secondary N) is 2. The Morgan fingerprint density at radius 1 is 1.21 bits per heavy atom. The van der Waals surface area contributed by atoms with E-state index in [1.165, 1.54) is 6.26 Å². The fourth-order valence-corrected chi connectivity index (χ4v) is 3.81. The maximum absolute atomic E-state index is 12.3. The molecule has 0 spiro atoms. The number of anilines is 1. The van der Waals surface area contributed by atoms with E-state index in [1.54, 1.807) is 18.2 Å². The fourth-order valence-electron chi connectivity index (χ4n) is 3.43. The Bertz CT molecular complexity index is 1030. The maximum Gasteiger partial charge on any atom is 0.256 e. The molecular weight excluding hydrogens is 394 g/mol. The van der Waals surface area contributed by atoms with Gasteiger partial charge in [0, 0.05) is 29.5 Å². The highest BCUT2D eigenvalue weighted by atomic mass is 35.5. The Hall–Kier alpha value is -3.16. The first kappa shape index (κ1) is 19.2. The lowest BCUT2D eigenvalue weighted by molar-refractivity contribution is -0.127. The number of halogens is 1. The topological polar surface area (TPSA) is 104 Å². The van der Waals surface area contributed by atoms with Crippen molar-refractivity contribution in [3.8, 4) is 11.1 Å². The highest BCUT2D eigenvalue weighted by Gasteiger charge is 2.30. The molecule has 0 bridgehead atoms. The van der Waals surface area contributed by atoms with E-state index in [9.17, 15) is 14.7 Å². The molecule has 0 aliphatic carbocycles. The number of carbonyl (C=O) groups excluding carboxylic acids is 2. The molecule has 1 aliphatic heterocycles. The molecule has 2 aromatic carbocycles. The maximum atomic E-state index is 12.3. The number of nitrogens with zero attached hydrogens (tertiary/aromatic N) is 1. The van der Waals surface area contributed by atoms with Crippen LogP contribution in [0, 0.1) is 0 Å². The third kappa shape index (κ3) is 4.01. The predicted molar refractivity (Wildman–Crippen MR) is 107 cm³/mol. The van der Waals surface area contributed by atoms with E-state index in [0.717, 1.165) is 16.7 Å². The minimum atomic E-state index is -0.966. The van der Waals surface area contributed by atoms with Gasteiger partial charge in [0.2, 0.25) is 5.91 Å². The number of rotatable bonds is 4. The van der Waals surface area contributed by atoms with Gasteiger partial charge < -0.3 is 20.3 Å². The van der Waals surface area contributed by atoms with Crippen LogP contribution in [0.5, 0.6) is 0 Å². The molecule has 1 fully saturated rings. The van der Waals surface area contributed by atoms with E-state index < -0.39 is 6.23 Å². The van der Waals surface area contributed by atoms with E-state index in [4.69, 9.17) is 16.1 Å². The van der Waals surface area contributed by atoms with Gasteiger partial charge in [0.1, 0.15) is 12.5 Å². The van der Waals surface area contributed by atoms with Crippen molar-refractivity contribution < 1.29 is 19.2 Å². The molecule has 7 nitrogen and oxygen atoms in total. The smallest absolute Gasteiger partial charge is 0.256 e. The first-order chi connectivity index (χ1) is 14.0. The van der Waals surface area contributed by atoms with Gasteiger partial charge in [0.15, 0.2) is 5.82 Å². The van der Waals surface area contributed by atoms with Crippen molar-refractivity contribution in [2.45, 2.75) is 25.0 Å². The Morgan fingerprint density at radius 2 is 2.00 bits per heavy atom. The average Bonchev–Trinajstić information content (AvgIpc) is 3.22. The molecule has 0 radical (unpaired) electrons. The summed E-state index contributed by atoms with van der Waals surface area (Å²) >= 11 is 6.65. The van der Waals surface area contributed by atoms with Crippen molar-refractivity contribution in [1.82, 2.24) is 10.5 Å². The minimum absolute atomic E-state index is 0.166. The number of hydrogen-bond donors (Lipinski definition) is 3. The predicted octanol–water partition coefficient (Wildman–Crippen LogP) is 3.56. The summed E-state index contributed by atoms with van der Waals surface area (Å²) < 4.78 is 4.70. The number of amides is 2. The van der Waals surface area contributed by atoms with Crippen LogP contribution in [0.15, 0.2) is 59.3 Å². The molecule has 148 valence electrons. The highest BCUT2D eigenvalue weighted by Crippen LogP contribution is 2.38. The Balaban J connectivity index is 1.57. The van der Waals surface area contributed by atoms with Crippen molar-refractivity contribution in [3.05, 3.63) is 70.9 Å². The summed E-state index contributed by atoms with van der Waals surface area (Å²) in [5.74, 6) is -0.396. The van der Waals surface area contributed by atoms with Crippen molar-refractivity contribution in [1.29, 1.82) is 0 Å². The second-order valence-electron chi connectivity index (χ2n) is 6.78.